The predicted molar refractivity (Wildman–Crippen MR) is 106 cm³/mol. The third kappa shape index (κ3) is 4.33. The molecule has 27 heavy (non-hydrogen) atoms. The highest BCUT2D eigenvalue weighted by Gasteiger charge is 2.32. The molecule has 2 heterocycles. The first-order valence-corrected chi connectivity index (χ1v) is 10.1. The van der Waals surface area contributed by atoms with Crippen molar-refractivity contribution in [1.82, 2.24) is 14.8 Å². The van der Waals surface area contributed by atoms with Crippen LogP contribution in [-0.2, 0) is 14.4 Å². The summed E-state index contributed by atoms with van der Waals surface area (Å²) in [5.41, 5.74) is 0.839. The van der Waals surface area contributed by atoms with Gasteiger partial charge in [-0.25, -0.2) is 4.98 Å². The van der Waals surface area contributed by atoms with Crippen LogP contribution in [0.25, 0.3) is 10.2 Å². The van der Waals surface area contributed by atoms with Gasteiger partial charge >= 0.3 is 0 Å². The Morgan fingerprint density at radius 1 is 1.11 bits per heavy atom. The Bertz CT molecular complexity index is 797. The average molecular weight is 388 g/mol. The summed E-state index contributed by atoms with van der Waals surface area (Å²) in [6.07, 6.45) is 0.374. The fourth-order valence-corrected chi connectivity index (χ4v) is 4.11. The van der Waals surface area contributed by atoms with Gasteiger partial charge < -0.3 is 4.90 Å². The largest absolute Gasteiger partial charge is 0.302 e. The molecule has 0 N–H and O–H groups in total. The number of imide groups is 1. The minimum absolute atomic E-state index is 0.187. The number of thiazole rings is 1. The van der Waals surface area contributed by atoms with E-state index in [1.807, 2.05) is 24.3 Å². The van der Waals surface area contributed by atoms with E-state index in [1.54, 1.807) is 4.90 Å². The summed E-state index contributed by atoms with van der Waals surface area (Å²) in [5, 5.41) is 0.604. The molecule has 8 heteroatoms. The molecule has 3 rings (SSSR count). The van der Waals surface area contributed by atoms with Gasteiger partial charge in [0.25, 0.3) is 0 Å². The van der Waals surface area contributed by atoms with Crippen molar-refractivity contribution in [1.29, 1.82) is 0 Å². The monoisotopic (exact) mass is 388 g/mol. The molecule has 0 atom stereocenters. The maximum absolute atomic E-state index is 13.0. The van der Waals surface area contributed by atoms with Gasteiger partial charge in [0.1, 0.15) is 6.54 Å². The van der Waals surface area contributed by atoms with E-state index in [4.69, 9.17) is 0 Å². The number of likely N-dealkylation sites (N-methyl/N-ethyl adjacent to an activating group) is 1. The Balaban J connectivity index is 1.83. The fraction of sp³-hybridized carbons (Fsp3) is 0.474. The normalized spacial score (nSPS) is 14.6. The van der Waals surface area contributed by atoms with E-state index >= 15 is 0 Å². The van der Waals surface area contributed by atoms with Crippen LogP contribution in [0.4, 0.5) is 5.13 Å². The molecule has 3 amide bonds. The van der Waals surface area contributed by atoms with E-state index < -0.39 is 0 Å². The molecular weight excluding hydrogens is 364 g/mol. The van der Waals surface area contributed by atoms with E-state index in [-0.39, 0.29) is 37.1 Å². The third-order valence-corrected chi connectivity index (χ3v) is 5.86. The molecule has 1 fully saturated rings. The van der Waals surface area contributed by atoms with Gasteiger partial charge in [-0.05, 0) is 25.2 Å². The van der Waals surface area contributed by atoms with Crippen molar-refractivity contribution >= 4 is 44.4 Å². The van der Waals surface area contributed by atoms with Gasteiger partial charge in [0, 0.05) is 25.9 Å². The second kappa shape index (κ2) is 8.58. The van der Waals surface area contributed by atoms with Gasteiger partial charge in [-0.3, -0.25) is 24.2 Å². The number of amides is 3. The van der Waals surface area contributed by atoms with Crippen molar-refractivity contribution in [2.24, 2.45) is 0 Å². The molecule has 1 aliphatic rings. The third-order valence-electron chi connectivity index (χ3n) is 4.80. The first-order chi connectivity index (χ1) is 13.0. The smallest absolute Gasteiger partial charge is 0.248 e. The lowest BCUT2D eigenvalue weighted by atomic mass is 10.3. The number of fused-ring (bicyclic) bond motifs is 1. The Morgan fingerprint density at radius 2 is 1.78 bits per heavy atom. The number of nitrogens with zero attached hydrogens (tertiary/aromatic N) is 4. The van der Waals surface area contributed by atoms with Crippen molar-refractivity contribution < 1.29 is 14.4 Å². The van der Waals surface area contributed by atoms with Crippen LogP contribution >= 0.6 is 11.3 Å². The highest BCUT2D eigenvalue weighted by molar-refractivity contribution is 7.22. The highest BCUT2D eigenvalue weighted by atomic mass is 32.1. The summed E-state index contributed by atoms with van der Waals surface area (Å²) in [5.74, 6) is -0.826. The SMILES string of the molecule is CCN(CC)CCN(C(=O)CN1C(=O)CCC1=O)c1nc2ccccc2s1. The number of rotatable bonds is 8. The number of para-hydroxylation sites is 1. The summed E-state index contributed by atoms with van der Waals surface area (Å²) in [6.45, 7) is 6.89. The van der Waals surface area contributed by atoms with E-state index in [1.165, 1.54) is 11.3 Å². The molecule has 1 saturated heterocycles. The summed E-state index contributed by atoms with van der Waals surface area (Å²) in [7, 11) is 0. The molecule has 0 spiro atoms. The molecule has 2 aromatic rings. The molecular formula is C19H24N4O3S. The van der Waals surface area contributed by atoms with Gasteiger partial charge in [0.05, 0.1) is 10.2 Å². The summed E-state index contributed by atoms with van der Waals surface area (Å²) in [6, 6.07) is 7.73. The van der Waals surface area contributed by atoms with E-state index in [0.29, 0.717) is 18.2 Å². The highest BCUT2D eigenvalue weighted by Crippen LogP contribution is 2.29. The van der Waals surface area contributed by atoms with E-state index in [0.717, 1.165) is 28.2 Å². The van der Waals surface area contributed by atoms with Crippen LogP contribution in [-0.4, -0.2) is 65.2 Å². The van der Waals surface area contributed by atoms with Crippen molar-refractivity contribution in [2.75, 3.05) is 37.6 Å². The minimum atomic E-state index is -0.277. The van der Waals surface area contributed by atoms with Gasteiger partial charge in [-0.2, -0.15) is 0 Å². The van der Waals surface area contributed by atoms with Crippen LogP contribution in [0.1, 0.15) is 26.7 Å². The molecule has 144 valence electrons. The number of carbonyl (C=O) groups excluding carboxylic acids is 3. The summed E-state index contributed by atoms with van der Waals surface area (Å²) >= 11 is 1.45. The van der Waals surface area contributed by atoms with Crippen LogP contribution in [0.2, 0.25) is 0 Å². The molecule has 0 radical (unpaired) electrons. The van der Waals surface area contributed by atoms with E-state index in [2.05, 4.69) is 23.7 Å². The molecule has 0 bridgehead atoms. The van der Waals surface area contributed by atoms with Gasteiger partial charge in [-0.1, -0.05) is 37.3 Å². The second-order valence-corrected chi connectivity index (χ2v) is 7.42. The predicted octanol–water partition coefficient (Wildman–Crippen LogP) is 2.12. The first kappa shape index (κ1) is 19.4. The number of anilines is 1. The number of aromatic nitrogens is 1. The molecule has 1 aliphatic heterocycles. The Kier molecular flexibility index (Phi) is 6.18. The molecule has 1 aromatic carbocycles. The quantitative estimate of drug-likeness (QED) is 0.648. The van der Waals surface area contributed by atoms with Crippen LogP contribution in [0.15, 0.2) is 24.3 Å². The number of hydrogen-bond donors (Lipinski definition) is 0. The van der Waals surface area contributed by atoms with Gasteiger partial charge in [0.2, 0.25) is 17.7 Å². The number of likely N-dealkylation sites (tertiary alicyclic amines) is 1. The lowest BCUT2D eigenvalue weighted by molar-refractivity contribution is -0.141. The van der Waals surface area contributed by atoms with Crippen molar-refractivity contribution in [3.8, 4) is 0 Å². The van der Waals surface area contributed by atoms with Crippen LogP contribution in [0, 0.1) is 0 Å². The zero-order valence-electron chi connectivity index (χ0n) is 15.7. The van der Waals surface area contributed by atoms with Crippen molar-refractivity contribution in [3.63, 3.8) is 0 Å². The standard InChI is InChI=1S/C19H24N4O3S/c1-3-21(4-2)11-12-22(18(26)13-23-16(24)9-10-17(23)25)19-20-14-7-5-6-8-15(14)27-19/h5-8H,3-4,9-13H2,1-2H3. The van der Waals surface area contributed by atoms with Gasteiger partial charge in [0.15, 0.2) is 5.13 Å². The maximum atomic E-state index is 13.0. The lowest BCUT2D eigenvalue weighted by Crippen LogP contribution is -2.45. The topological polar surface area (TPSA) is 73.8 Å². The number of carbonyl (C=O) groups is 3. The zero-order valence-corrected chi connectivity index (χ0v) is 16.5. The number of benzene rings is 1. The lowest BCUT2D eigenvalue weighted by Gasteiger charge is -2.26. The van der Waals surface area contributed by atoms with Crippen LogP contribution in [0.3, 0.4) is 0 Å². The molecule has 0 unspecified atom stereocenters. The maximum Gasteiger partial charge on any atom is 0.248 e. The molecule has 1 aromatic heterocycles. The zero-order chi connectivity index (χ0) is 19.4. The average Bonchev–Trinajstić information content (AvgIpc) is 3.23. The minimum Gasteiger partial charge on any atom is -0.302 e. The number of hydrogen-bond acceptors (Lipinski definition) is 6. The van der Waals surface area contributed by atoms with E-state index in [9.17, 15) is 14.4 Å². The van der Waals surface area contributed by atoms with Crippen LogP contribution in [0.5, 0.6) is 0 Å². The van der Waals surface area contributed by atoms with Crippen molar-refractivity contribution in [2.45, 2.75) is 26.7 Å². The summed E-state index contributed by atoms with van der Waals surface area (Å²) in [4.78, 5) is 46.3. The fourth-order valence-electron chi connectivity index (χ4n) is 3.10. The summed E-state index contributed by atoms with van der Waals surface area (Å²) < 4.78 is 1.00. The molecule has 0 saturated carbocycles. The Hall–Kier alpha value is -2.32. The van der Waals surface area contributed by atoms with Gasteiger partial charge in [-0.15, -0.1) is 0 Å². The molecule has 0 aliphatic carbocycles. The van der Waals surface area contributed by atoms with Crippen molar-refractivity contribution in [3.05, 3.63) is 24.3 Å². The molecule has 7 nitrogen and oxygen atoms in total. The second-order valence-electron chi connectivity index (χ2n) is 6.41. The Labute approximate surface area is 162 Å². The first-order valence-electron chi connectivity index (χ1n) is 9.25. The Morgan fingerprint density at radius 3 is 2.41 bits per heavy atom. The van der Waals surface area contributed by atoms with Crippen LogP contribution < -0.4 is 4.90 Å².